The van der Waals surface area contributed by atoms with E-state index in [1.165, 1.54) is 4.90 Å². The molecule has 0 radical (unpaired) electrons. The van der Waals surface area contributed by atoms with E-state index in [0.29, 0.717) is 32.4 Å². The molecule has 2 aromatic rings. The van der Waals surface area contributed by atoms with Crippen LogP contribution in [0.2, 0.25) is 0 Å². The van der Waals surface area contributed by atoms with Crippen LogP contribution < -0.4 is 10.1 Å². The van der Waals surface area contributed by atoms with Gasteiger partial charge in [-0.15, -0.1) is 11.3 Å². The molecule has 1 saturated carbocycles. The molecule has 1 aromatic carbocycles. The second kappa shape index (κ2) is 6.51. The number of fused-ring (bicyclic) bond motifs is 1. The van der Waals surface area contributed by atoms with E-state index in [0.717, 1.165) is 16.0 Å². The topological polar surface area (TPSA) is 91.8 Å². The molecule has 2 aliphatic rings. The summed E-state index contributed by atoms with van der Waals surface area (Å²) in [5.74, 6) is 0.720. The molecule has 4 rings (SSSR count). The lowest BCUT2D eigenvalue weighted by molar-refractivity contribution is -0.131. The molecule has 1 aliphatic heterocycles. The molecule has 132 valence electrons. The molecular weight excluding hydrogens is 342 g/mol. The molecule has 1 aromatic heterocycles. The highest BCUT2D eigenvalue weighted by atomic mass is 32.1. The summed E-state index contributed by atoms with van der Waals surface area (Å²) in [5, 5.41) is 11.9. The number of hydrogen-bond donors (Lipinski definition) is 2. The largest absolute Gasteiger partial charge is 0.488 e. The molecular formula is C17H19N3O4S. The Morgan fingerprint density at radius 2 is 2.20 bits per heavy atom. The maximum atomic E-state index is 12.3. The lowest BCUT2D eigenvalue weighted by Gasteiger charge is -2.35. The molecule has 2 heterocycles. The number of para-hydroxylation sites is 1. The van der Waals surface area contributed by atoms with Gasteiger partial charge in [-0.2, -0.15) is 0 Å². The number of amides is 2. The van der Waals surface area contributed by atoms with Gasteiger partial charge in [0.25, 0.3) is 0 Å². The lowest BCUT2D eigenvalue weighted by atomic mass is 9.81. The summed E-state index contributed by atoms with van der Waals surface area (Å²) < 4.78 is 7.09. The van der Waals surface area contributed by atoms with Crippen LogP contribution in [-0.4, -0.2) is 52.2 Å². The van der Waals surface area contributed by atoms with Crippen molar-refractivity contribution >= 4 is 33.6 Å². The van der Waals surface area contributed by atoms with Gasteiger partial charge >= 0.3 is 6.09 Å². The third kappa shape index (κ3) is 3.26. The average molecular weight is 361 g/mol. The Hall–Kier alpha value is -2.35. The first kappa shape index (κ1) is 16.1. The molecule has 1 saturated heterocycles. The van der Waals surface area contributed by atoms with Gasteiger partial charge in [0.05, 0.1) is 10.2 Å². The number of carbonyl (C=O) groups is 2. The normalized spacial score (nSPS) is 25.6. The predicted octanol–water partition coefficient (Wildman–Crippen LogP) is 2.32. The number of likely N-dealkylation sites (tertiary alicyclic amines) is 1. The Balaban J connectivity index is 1.27. The van der Waals surface area contributed by atoms with Gasteiger partial charge < -0.3 is 20.1 Å². The van der Waals surface area contributed by atoms with E-state index >= 15 is 0 Å². The summed E-state index contributed by atoms with van der Waals surface area (Å²) >= 11 is 1.58. The first-order valence-electron chi connectivity index (χ1n) is 8.37. The Morgan fingerprint density at radius 1 is 1.36 bits per heavy atom. The van der Waals surface area contributed by atoms with Crippen LogP contribution in [0, 0.1) is 5.92 Å². The van der Waals surface area contributed by atoms with Crippen molar-refractivity contribution in [1.29, 1.82) is 0 Å². The Labute approximate surface area is 148 Å². The van der Waals surface area contributed by atoms with E-state index in [9.17, 15) is 9.59 Å². The maximum Gasteiger partial charge on any atom is 0.407 e. The van der Waals surface area contributed by atoms with Crippen molar-refractivity contribution < 1.29 is 19.4 Å². The van der Waals surface area contributed by atoms with Gasteiger partial charge in [0.15, 0.2) is 0 Å². The van der Waals surface area contributed by atoms with Crippen molar-refractivity contribution in [2.24, 2.45) is 5.92 Å². The molecule has 1 unspecified atom stereocenters. The fourth-order valence-corrected chi connectivity index (χ4v) is 4.08. The van der Waals surface area contributed by atoms with Gasteiger partial charge in [-0.1, -0.05) is 6.07 Å². The number of aromatic nitrogens is 1. The third-order valence-corrected chi connectivity index (χ3v) is 5.68. The van der Waals surface area contributed by atoms with Gasteiger partial charge in [0.1, 0.15) is 17.4 Å². The fraction of sp³-hybridized carbons (Fsp3) is 0.471. The molecule has 1 atom stereocenters. The zero-order valence-corrected chi connectivity index (χ0v) is 14.4. The standard InChI is InChI=1S/C17H19N3O4S/c21-16(19-11-4-5-20(8-11)17(22)23)10-6-12(7-10)24-13-2-1-3-14-15(13)18-9-25-14/h1-3,9-12H,4-8H2,(H,19,21)(H,22,23)/t10-,11?,12-. The lowest BCUT2D eigenvalue weighted by Crippen LogP contribution is -2.47. The quantitative estimate of drug-likeness (QED) is 0.872. The molecule has 25 heavy (non-hydrogen) atoms. The van der Waals surface area contributed by atoms with Crippen LogP contribution in [0.15, 0.2) is 23.7 Å². The minimum atomic E-state index is -0.926. The van der Waals surface area contributed by atoms with Crippen molar-refractivity contribution in [1.82, 2.24) is 15.2 Å². The van der Waals surface area contributed by atoms with E-state index < -0.39 is 6.09 Å². The summed E-state index contributed by atoms with van der Waals surface area (Å²) in [7, 11) is 0. The summed E-state index contributed by atoms with van der Waals surface area (Å²) in [6.07, 6.45) is 1.15. The molecule has 0 spiro atoms. The van der Waals surface area contributed by atoms with E-state index in [2.05, 4.69) is 10.3 Å². The summed E-state index contributed by atoms with van der Waals surface area (Å²) in [4.78, 5) is 28.9. The van der Waals surface area contributed by atoms with E-state index in [-0.39, 0.29) is 24.0 Å². The number of thiazole rings is 1. The highest BCUT2D eigenvalue weighted by Crippen LogP contribution is 2.35. The number of nitrogens with one attached hydrogen (secondary N) is 1. The molecule has 0 bridgehead atoms. The SMILES string of the molecule is O=C(O)N1CCC(NC(=O)[C@H]2C[C@H](Oc3cccc4scnc34)C2)C1. The molecule has 8 heteroatoms. The fourth-order valence-electron chi connectivity index (χ4n) is 3.38. The van der Waals surface area contributed by atoms with Crippen molar-refractivity contribution in [3.63, 3.8) is 0 Å². The summed E-state index contributed by atoms with van der Waals surface area (Å²) in [5.41, 5.74) is 2.68. The number of benzene rings is 1. The number of nitrogens with zero attached hydrogens (tertiary/aromatic N) is 2. The Bertz CT molecular complexity index is 802. The number of carbonyl (C=O) groups excluding carboxylic acids is 1. The first-order chi connectivity index (χ1) is 12.1. The van der Waals surface area contributed by atoms with Crippen molar-refractivity contribution in [3.05, 3.63) is 23.7 Å². The van der Waals surface area contributed by atoms with Crippen LogP contribution in [0.1, 0.15) is 19.3 Å². The number of hydrogen-bond acceptors (Lipinski definition) is 5. The van der Waals surface area contributed by atoms with Crippen molar-refractivity contribution in [2.75, 3.05) is 13.1 Å². The van der Waals surface area contributed by atoms with Crippen LogP contribution in [0.4, 0.5) is 4.79 Å². The molecule has 2 amide bonds. The third-order valence-electron chi connectivity index (χ3n) is 4.89. The molecule has 1 aliphatic carbocycles. The predicted molar refractivity (Wildman–Crippen MR) is 92.9 cm³/mol. The number of ether oxygens (including phenoxy) is 1. The van der Waals surface area contributed by atoms with E-state index in [1.807, 2.05) is 18.2 Å². The van der Waals surface area contributed by atoms with Crippen molar-refractivity contribution in [3.8, 4) is 5.75 Å². The van der Waals surface area contributed by atoms with Crippen LogP contribution in [0.5, 0.6) is 5.75 Å². The van der Waals surface area contributed by atoms with Gasteiger partial charge in [-0.25, -0.2) is 9.78 Å². The highest BCUT2D eigenvalue weighted by Gasteiger charge is 2.38. The second-order valence-corrected chi connectivity index (χ2v) is 7.47. The van der Waals surface area contributed by atoms with E-state index in [4.69, 9.17) is 9.84 Å². The summed E-state index contributed by atoms with van der Waals surface area (Å²) in [6.45, 7) is 0.855. The Kier molecular flexibility index (Phi) is 4.20. The van der Waals surface area contributed by atoms with E-state index in [1.54, 1.807) is 16.8 Å². The molecule has 2 N–H and O–H groups in total. The van der Waals surface area contributed by atoms with Crippen molar-refractivity contribution in [2.45, 2.75) is 31.4 Å². The highest BCUT2D eigenvalue weighted by molar-refractivity contribution is 7.16. The average Bonchev–Trinajstić information content (AvgIpc) is 3.19. The maximum absolute atomic E-state index is 12.3. The zero-order valence-electron chi connectivity index (χ0n) is 13.6. The minimum absolute atomic E-state index is 0.00366. The van der Waals surface area contributed by atoms with Gasteiger partial charge in [-0.3, -0.25) is 4.79 Å². The minimum Gasteiger partial charge on any atom is -0.488 e. The monoisotopic (exact) mass is 361 g/mol. The first-order valence-corrected chi connectivity index (χ1v) is 9.25. The van der Waals surface area contributed by atoms with Gasteiger partial charge in [-0.05, 0) is 31.4 Å². The summed E-state index contributed by atoms with van der Waals surface area (Å²) in [6, 6.07) is 5.80. The van der Waals surface area contributed by atoms with Gasteiger partial charge in [0, 0.05) is 25.0 Å². The zero-order chi connectivity index (χ0) is 17.4. The molecule has 7 nitrogen and oxygen atoms in total. The Morgan fingerprint density at radius 3 is 2.96 bits per heavy atom. The van der Waals surface area contributed by atoms with Crippen LogP contribution in [-0.2, 0) is 4.79 Å². The van der Waals surface area contributed by atoms with Crippen LogP contribution in [0.3, 0.4) is 0 Å². The number of rotatable bonds is 4. The number of carboxylic acid groups (broad SMARTS) is 1. The van der Waals surface area contributed by atoms with Crippen LogP contribution in [0.25, 0.3) is 10.2 Å². The smallest absolute Gasteiger partial charge is 0.407 e. The van der Waals surface area contributed by atoms with Gasteiger partial charge in [0.2, 0.25) is 5.91 Å². The van der Waals surface area contributed by atoms with Crippen LogP contribution >= 0.6 is 11.3 Å². The molecule has 2 fully saturated rings. The second-order valence-electron chi connectivity index (χ2n) is 6.59.